The molecule has 0 unspecified atom stereocenters. The molecule has 0 amide bonds. The topological polar surface area (TPSA) is 77.9 Å². The molecule has 0 aromatic carbocycles. The Hall–Kier alpha value is -0.660. The van der Waals surface area contributed by atoms with Gasteiger partial charge < -0.3 is 5.11 Å². The molecule has 2 rings (SSSR count). The van der Waals surface area contributed by atoms with Gasteiger partial charge in [0, 0.05) is 26.2 Å². The van der Waals surface area contributed by atoms with Crippen LogP contribution in [0.1, 0.15) is 51.9 Å². The summed E-state index contributed by atoms with van der Waals surface area (Å²) in [7, 11) is -1.80. The van der Waals surface area contributed by atoms with Crippen LogP contribution in [-0.4, -0.2) is 54.3 Å². The molecule has 0 aromatic heterocycles. The Kier molecular flexibility index (Phi) is 4.95. The van der Waals surface area contributed by atoms with Crippen molar-refractivity contribution >= 4 is 16.2 Å². The molecule has 1 N–H and O–H groups in total. The normalized spacial score (nSPS) is 25.1. The summed E-state index contributed by atoms with van der Waals surface area (Å²) in [6.45, 7) is 2.29. The second-order valence-corrected chi connectivity index (χ2v) is 8.57. The molecule has 1 aliphatic heterocycles. The molecule has 21 heavy (non-hydrogen) atoms. The fourth-order valence-electron chi connectivity index (χ4n) is 3.24. The zero-order valence-corrected chi connectivity index (χ0v) is 13.7. The van der Waals surface area contributed by atoms with E-state index in [-0.39, 0.29) is 6.04 Å². The molecular formula is C14H26N2O4S. The number of hydrogen-bond acceptors (Lipinski definition) is 3. The van der Waals surface area contributed by atoms with Gasteiger partial charge in [-0.1, -0.05) is 19.3 Å². The summed E-state index contributed by atoms with van der Waals surface area (Å²) < 4.78 is 28.3. The van der Waals surface area contributed by atoms with Crippen molar-refractivity contribution < 1.29 is 18.3 Å². The van der Waals surface area contributed by atoms with Crippen LogP contribution in [0, 0.1) is 5.41 Å². The highest BCUT2D eigenvalue weighted by atomic mass is 32.2. The van der Waals surface area contributed by atoms with Crippen LogP contribution in [0.4, 0.5) is 0 Å². The van der Waals surface area contributed by atoms with Gasteiger partial charge in [-0.15, -0.1) is 0 Å². The van der Waals surface area contributed by atoms with Gasteiger partial charge in [0.15, 0.2) is 0 Å². The van der Waals surface area contributed by atoms with Crippen LogP contribution < -0.4 is 0 Å². The van der Waals surface area contributed by atoms with Crippen molar-refractivity contribution in [3.63, 3.8) is 0 Å². The predicted molar refractivity (Wildman–Crippen MR) is 80.1 cm³/mol. The van der Waals surface area contributed by atoms with Crippen molar-refractivity contribution in [2.24, 2.45) is 5.41 Å². The minimum atomic E-state index is -3.46. The van der Waals surface area contributed by atoms with E-state index >= 15 is 0 Å². The zero-order chi connectivity index (χ0) is 15.7. The highest BCUT2D eigenvalue weighted by Crippen LogP contribution is 2.33. The van der Waals surface area contributed by atoms with E-state index < -0.39 is 21.6 Å². The van der Waals surface area contributed by atoms with Gasteiger partial charge >= 0.3 is 5.97 Å². The molecule has 7 heteroatoms. The summed E-state index contributed by atoms with van der Waals surface area (Å²) in [5.41, 5.74) is -0.796. The van der Waals surface area contributed by atoms with Crippen LogP contribution in [0.25, 0.3) is 0 Å². The summed E-state index contributed by atoms with van der Waals surface area (Å²) in [5.74, 6) is -0.833. The van der Waals surface area contributed by atoms with E-state index in [1.54, 1.807) is 14.0 Å². The molecule has 2 fully saturated rings. The Labute approximate surface area is 127 Å². The Morgan fingerprint density at radius 3 is 2.19 bits per heavy atom. The number of carbonyl (C=O) groups is 1. The summed E-state index contributed by atoms with van der Waals surface area (Å²) in [6.07, 6.45) is 5.96. The van der Waals surface area contributed by atoms with Crippen LogP contribution in [0.3, 0.4) is 0 Å². The van der Waals surface area contributed by atoms with Crippen molar-refractivity contribution in [1.82, 2.24) is 8.61 Å². The molecule has 0 bridgehead atoms. The summed E-state index contributed by atoms with van der Waals surface area (Å²) in [6, 6.07) is 0.0940. The lowest BCUT2D eigenvalue weighted by Crippen LogP contribution is -2.51. The Balaban J connectivity index is 2.02. The second kappa shape index (κ2) is 6.22. The first-order valence-electron chi connectivity index (χ1n) is 7.74. The number of piperidine rings is 1. The number of aliphatic carboxylic acids is 1. The summed E-state index contributed by atoms with van der Waals surface area (Å²) in [5, 5.41) is 9.22. The minimum Gasteiger partial charge on any atom is -0.481 e. The molecule has 6 nitrogen and oxygen atoms in total. The first-order valence-corrected chi connectivity index (χ1v) is 9.13. The van der Waals surface area contributed by atoms with E-state index in [1.807, 2.05) is 0 Å². The lowest BCUT2D eigenvalue weighted by molar-refractivity contribution is -0.150. The lowest BCUT2D eigenvalue weighted by Gasteiger charge is -2.39. The maximum Gasteiger partial charge on any atom is 0.309 e. The quantitative estimate of drug-likeness (QED) is 0.855. The smallest absolute Gasteiger partial charge is 0.309 e. The van der Waals surface area contributed by atoms with Crippen molar-refractivity contribution in [2.75, 3.05) is 20.1 Å². The van der Waals surface area contributed by atoms with Gasteiger partial charge in [-0.3, -0.25) is 4.79 Å². The molecule has 1 aliphatic carbocycles. The number of nitrogens with zero attached hydrogens (tertiary/aromatic N) is 2. The third-order valence-corrected chi connectivity index (χ3v) is 7.17. The van der Waals surface area contributed by atoms with Gasteiger partial charge in [0.2, 0.25) is 0 Å². The van der Waals surface area contributed by atoms with Crippen LogP contribution in [0.5, 0.6) is 0 Å². The molecule has 2 aliphatic rings. The predicted octanol–water partition coefficient (Wildman–Crippen LogP) is 1.68. The molecule has 0 radical (unpaired) electrons. The highest BCUT2D eigenvalue weighted by molar-refractivity contribution is 7.86. The van der Waals surface area contributed by atoms with Crippen molar-refractivity contribution in [2.45, 2.75) is 57.9 Å². The van der Waals surface area contributed by atoms with E-state index in [0.29, 0.717) is 25.9 Å². The molecule has 0 spiro atoms. The minimum absolute atomic E-state index is 0.0940. The summed E-state index contributed by atoms with van der Waals surface area (Å²) in [4.78, 5) is 11.2. The fourth-order valence-corrected chi connectivity index (χ4v) is 4.84. The highest BCUT2D eigenvalue weighted by Gasteiger charge is 2.42. The third kappa shape index (κ3) is 3.40. The monoisotopic (exact) mass is 318 g/mol. The van der Waals surface area contributed by atoms with E-state index in [2.05, 4.69) is 0 Å². The maximum absolute atomic E-state index is 12.7. The van der Waals surface area contributed by atoms with Gasteiger partial charge in [0.05, 0.1) is 5.41 Å². The average molecular weight is 318 g/mol. The van der Waals surface area contributed by atoms with Crippen molar-refractivity contribution in [3.8, 4) is 0 Å². The molecule has 0 atom stereocenters. The van der Waals surface area contributed by atoms with E-state index in [1.165, 1.54) is 15.0 Å². The SMILES string of the molecule is CN(C1CCCCC1)S(=O)(=O)N1CCC(C)(C(=O)O)CC1. The number of rotatable bonds is 4. The van der Waals surface area contributed by atoms with Gasteiger partial charge in [-0.25, -0.2) is 0 Å². The van der Waals surface area contributed by atoms with Crippen LogP contribution >= 0.6 is 0 Å². The van der Waals surface area contributed by atoms with Gasteiger partial charge in [-0.2, -0.15) is 17.0 Å². The van der Waals surface area contributed by atoms with Crippen molar-refractivity contribution in [3.05, 3.63) is 0 Å². The third-order valence-electron chi connectivity index (χ3n) is 5.12. The maximum atomic E-state index is 12.7. The first-order chi connectivity index (χ1) is 9.77. The summed E-state index contributed by atoms with van der Waals surface area (Å²) >= 11 is 0. The Morgan fingerprint density at radius 1 is 1.19 bits per heavy atom. The second-order valence-electron chi connectivity index (χ2n) is 6.58. The molecule has 1 saturated heterocycles. The van der Waals surface area contributed by atoms with E-state index in [4.69, 9.17) is 0 Å². The van der Waals surface area contributed by atoms with Crippen molar-refractivity contribution in [1.29, 1.82) is 0 Å². The van der Waals surface area contributed by atoms with Crippen LogP contribution in [0.15, 0.2) is 0 Å². The van der Waals surface area contributed by atoms with Gasteiger partial charge in [0.25, 0.3) is 10.2 Å². The molecular weight excluding hydrogens is 292 g/mol. The molecule has 122 valence electrons. The van der Waals surface area contributed by atoms with E-state index in [9.17, 15) is 18.3 Å². The van der Waals surface area contributed by atoms with Crippen LogP contribution in [-0.2, 0) is 15.0 Å². The lowest BCUT2D eigenvalue weighted by atomic mass is 9.81. The van der Waals surface area contributed by atoms with E-state index in [0.717, 1.165) is 25.7 Å². The van der Waals surface area contributed by atoms with Gasteiger partial charge in [0.1, 0.15) is 0 Å². The van der Waals surface area contributed by atoms with Gasteiger partial charge in [-0.05, 0) is 32.6 Å². The number of carboxylic acids is 1. The molecule has 0 aromatic rings. The standard InChI is InChI=1S/C14H26N2O4S/c1-14(13(17)18)8-10-16(11-9-14)21(19,20)15(2)12-6-4-3-5-7-12/h12H,3-11H2,1-2H3,(H,17,18). The fraction of sp³-hybridized carbons (Fsp3) is 0.929. The van der Waals surface area contributed by atoms with Crippen LogP contribution in [0.2, 0.25) is 0 Å². The number of carboxylic acid groups (broad SMARTS) is 1. The molecule has 1 saturated carbocycles. The Bertz CT molecular complexity index is 477. The Morgan fingerprint density at radius 2 is 1.71 bits per heavy atom. The number of hydrogen-bond donors (Lipinski definition) is 1. The zero-order valence-electron chi connectivity index (χ0n) is 12.9. The largest absolute Gasteiger partial charge is 0.481 e. The first kappa shape index (κ1) is 16.7. The molecule has 1 heterocycles. The average Bonchev–Trinajstić information content (AvgIpc) is 2.47.